The lowest BCUT2D eigenvalue weighted by molar-refractivity contribution is 0.0377. The van der Waals surface area contributed by atoms with Crippen molar-refractivity contribution in [2.45, 2.75) is 13.3 Å². The van der Waals surface area contributed by atoms with Gasteiger partial charge in [-0.25, -0.2) is 8.42 Å². The molecular weight excluding hydrogens is 407 g/mol. The number of nitrogens with zero attached hydrogens (tertiary/aromatic N) is 2. The summed E-state index contributed by atoms with van der Waals surface area (Å²) in [5, 5.41) is 2.83. The van der Waals surface area contributed by atoms with E-state index in [4.69, 9.17) is 10.5 Å². The maximum absolute atomic E-state index is 11.3. The predicted molar refractivity (Wildman–Crippen MR) is 96.1 cm³/mol. The number of hydrogen-bond donors (Lipinski definition) is 2. The molecule has 0 unspecified atom stereocenters. The molecule has 1 heterocycles. The summed E-state index contributed by atoms with van der Waals surface area (Å²) >= 11 is 0. The van der Waals surface area contributed by atoms with E-state index in [0.717, 1.165) is 39.3 Å². The number of guanidine groups is 1. The highest BCUT2D eigenvalue weighted by atomic mass is 127. The van der Waals surface area contributed by atoms with Crippen molar-refractivity contribution < 1.29 is 13.2 Å². The summed E-state index contributed by atoms with van der Waals surface area (Å²) < 4.78 is 27.8. The zero-order valence-corrected chi connectivity index (χ0v) is 15.7. The standard InChI is InChI=1S/C12H26N4O3S.HI/c1-2-20(17,18)11-5-15-12(13)14-4-3-6-16-7-9-19-10-8-16;/h2-11H2,1H3,(H3,13,14,15);1H. The van der Waals surface area contributed by atoms with Crippen LogP contribution in [-0.2, 0) is 14.6 Å². The first-order chi connectivity index (χ1) is 9.53. The number of nitrogens with one attached hydrogen (secondary N) is 1. The molecule has 0 spiro atoms. The fourth-order valence-corrected chi connectivity index (χ4v) is 2.56. The summed E-state index contributed by atoms with van der Waals surface area (Å²) in [6.45, 7) is 7.16. The van der Waals surface area contributed by atoms with E-state index >= 15 is 0 Å². The topological polar surface area (TPSA) is 97.0 Å². The summed E-state index contributed by atoms with van der Waals surface area (Å²) in [6, 6.07) is 0. The molecule has 0 atom stereocenters. The Morgan fingerprint density at radius 1 is 1.38 bits per heavy atom. The van der Waals surface area contributed by atoms with Crippen LogP contribution in [-0.4, -0.2) is 76.7 Å². The van der Waals surface area contributed by atoms with Crippen LogP contribution in [0.3, 0.4) is 0 Å². The maximum Gasteiger partial charge on any atom is 0.188 e. The Hall–Kier alpha value is -0.130. The van der Waals surface area contributed by atoms with Crippen LogP contribution < -0.4 is 11.1 Å². The Morgan fingerprint density at radius 2 is 2.05 bits per heavy atom. The minimum Gasteiger partial charge on any atom is -0.379 e. The third kappa shape index (κ3) is 10.3. The molecule has 21 heavy (non-hydrogen) atoms. The number of hydrogen-bond acceptors (Lipinski definition) is 5. The quantitative estimate of drug-likeness (QED) is 0.235. The van der Waals surface area contributed by atoms with Crippen molar-refractivity contribution in [3.63, 3.8) is 0 Å². The highest BCUT2D eigenvalue weighted by Crippen LogP contribution is 1.97. The van der Waals surface area contributed by atoms with Gasteiger partial charge < -0.3 is 15.8 Å². The Bertz CT molecular complexity index is 397. The first kappa shape index (κ1) is 20.9. The fraction of sp³-hybridized carbons (Fsp3) is 0.917. The number of ether oxygens (including phenoxy) is 1. The van der Waals surface area contributed by atoms with E-state index in [1.54, 1.807) is 6.92 Å². The van der Waals surface area contributed by atoms with Crippen molar-refractivity contribution in [1.29, 1.82) is 0 Å². The lowest BCUT2D eigenvalue weighted by atomic mass is 10.3. The average Bonchev–Trinajstić information content (AvgIpc) is 2.44. The Balaban J connectivity index is 0.00000400. The first-order valence-corrected chi connectivity index (χ1v) is 8.90. The lowest BCUT2D eigenvalue weighted by Crippen LogP contribution is -2.37. The highest BCUT2D eigenvalue weighted by molar-refractivity contribution is 14.0. The number of morpholine rings is 1. The number of nitrogens with two attached hydrogens (primary N) is 1. The second-order valence-electron chi connectivity index (χ2n) is 4.74. The van der Waals surface area contributed by atoms with Crippen LogP contribution in [0.2, 0.25) is 0 Å². The van der Waals surface area contributed by atoms with E-state index in [1.165, 1.54) is 0 Å². The van der Waals surface area contributed by atoms with E-state index < -0.39 is 9.84 Å². The average molecular weight is 434 g/mol. The van der Waals surface area contributed by atoms with Gasteiger partial charge in [-0.1, -0.05) is 6.92 Å². The van der Waals surface area contributed by atoms with Gasteiger partial charge in [-0.05, 0) is 6.42 Å². The number of sulfone groups is 1. The van der Waals surface area contributed by atoms with Gasteiger partial charge in [-0.2, -0.15) is 0 Å². The predicted octanol–water partition coefficient (Wildman–Crippen LogP) is -0.334. The molecule has 0 amide bonds. The van der Waals surface area contributed by atoms with Crippen molar-refractivity contribution in [2.75, 3.05) is 57.4 Å². The van der Waals surface area contributed by atoms with Crippen LogP contribution in [0.4, 0.5) is 0 Å². The Labute approximate surface area is 144 Å². The van der Waals surface area contributed by atoms with Gasteiger partial charge in [0.25, 0.3) is 0 Å². The highest BCUT2D eigenvalue weighted by Gasteiger charge is 2.09. The van der Waals surface area contributed by atoms with Crippen molar-refractivity contribution in [3.05, 3.63) is 0 Å². The number of aliphatic imine (C=N–C) groups is 1. The zero-order valence-electron chi connectivity index (χ0n) is 12.6. The van der Waals surface area contributed by atoms with Crippen molar-refractivity contribution in [2.24, 2.45) is 10.7 Å². The minimum absolute atomic E-state index is 0. The van der Waals surface area contributed by atoms with Crippen LogP contribution in [0.5, 0.6) is 0 Å². The van der Waals surface area contributed by atoms with E-state index in [-0.39, 0.29) is 35.5 Å². The molecule has 0 radical (unpaired) electrons. The van der Waals surface area contributed by atoms with Gasteiger partial charge >= 0.3 is 0 Å². The number of rotatable bonds is 8. The van der Waals surface area contributed by atoms with Crippen molar-refractivity contribution in [1.82, 2.24) is 10.2 Å². The third-order valence-corrected chi connectivity index (χ3v) is 4.88. The molecule has 1 fully saturated rings. The summed E-state index contributed by atoms with van der Waals surface area (Å²) in [5.41, 5.74) is 5.67. The minimum atomic E-state index is -2.95. The Morgan fingerprint density at radius 3 is 2.67 bits per heavy atom. The second kappa shape index (κ2) is 11.4. The SMILES string of the molecule is CCS(=O)(=O)CCNC(N)=NCCCN1CCOCC1.I. The van der Waals surface area contributed by atoms with Gasteiger partial charge in [-0.15, -0.1) is 24.0 Å². The van der Waals surface area contributed by atoms with Gasteiger partial charge in [0.1, 0.15) is 0 Å². The van der Waals surface area contributed by atoms with Gasteiger partial charge in [0.05, 0.1) is 19.0 Å². The molecule has 9 heteroatoms. The van der Waals surface area contributed by atoms with E-state index in [2.05, 4.69) is 15.2 Å². The van der Waals surface area contributed by atoms with Crippen molar-refractivity contribution in [3.8, 4) is 0 Å². The van der Waals surface area contributed by atoms with Gasteiger partial charge in [0.2, 0.25) is 0 Å². The summed E-state index contributed by atoms with van der Waals surface area (Å²) in [7, 11) is -2.95. The molecule has 1 aliphatic rings. The largest absolute Gasteiger partial charge is 0.379 e. The van der Waals surface area contributed by atoms with Crippen LogP contribution in [0.25, 0.3) is 0 Å². The van der Waals surface area contributed by atoms with E-state index in [9.17, 15) is 8.42 Å². The smallest absolute Gasteiger partial charge is 0.188 e. The summed E-state index contributed by atoms with van der Waals surface area (Å²) in [4.78, 5) is 6.53. The molecule has 1 rings (SSSR count). The summed E-state index contributed by atoms with van der Waals surface area (Å²) in [5.74, 6) is 0.567. The molecule has 0 aliphatic carbocycles. The molecule has 126 valence electrons. The normalized spacial score (nSPS) is 17.3. The third-order valence-electron chi connectivity index (χ3n) is 3.18. The summed E-state index contributed by atoms with van der Waals surface area (Å²) in [6.07, 6.45) is 0.940. The molecule has 1 aliphatic heterocycles. The second-order valence-corrected chi connectivity index (χ2v) is 7.21. The van der Waals surface area contributed by atoms with Crippen molar-refractivity contribution >= 4 is 39.8 Å². The van der Waals surface area contributed by atoms with Gasteiger partial charge in [0.15, 0.2) is 15.8 Å². The lowest BCUT2D eigenvalue weighted by Gasteiger charge is -2.26. The van der Waals surface area contributed by atoms with Crippen LogP contribution >= 0.6 is 24.0 Å². The monoisotopic (exact) mass is 434 g/mol. The number of halogens is 1. The fourth-order valence-electron chi connectivity index (χ4n) is 1.85. The molecule has 0 saturated carbocycles. The molecule has 0 aromatic heterocycles. The molecule has 7 nitrogen and oxygen atoms in total. The van der Waals surface area contributed by atoms with E-state index in [1.807, 2.05) is 0 Å². The van der Waals surface area contributed by atoms with Crippen LogP contribution in [0.15, 0.2) is 4.99 Å². The van der Waals surface area contributed by atoms with E-state index in [0.29, 0.717) is 19.0 Å². The van der Waals surface area contributed by atoms with Gasteiger partial charge in [-0.3, -0.25) is 9.89 Å². The van der Waals surface area contributed by atoms with Gasteiger partial charge in [0, 0.05) is 38.5 Å². The molecular formula is C12H27IN4O3S. The Kier molecular flexibility index (Phi) is 11.4. The molecule has 0 aromatic rings. The molecule has 1 saturated heterocycles. The van der Waals surface area contributed by atoms with Crippen LogP contribution in [0, 0.1) is 0 Å². The zero-order chi connectivity index (χ0) is 14.8. The molecule has 0 aromatic carbocycles. The molecule has 0 bridgehead atoms. The maximum atomic E-state index is 11.3. The molecule has 3 N–H and O–H groups in total. The van der Waals surface area contributed by atoms with Crippen LogP contribution in [0.1, 0.15) is 13.3 Å². The first-order valence-electron chi connectivity index (χ1n) is 7.08.